The van der Waals surface area contributed by atoms with Crippen LogP contribution in [0.3, 0.4) is 0 Å². The number of furan rings is 1. The van der Waals surface area contributed by atoms with Gasteiger partial charge in [0, 0.05) is 6.54 Å². The number of carbonyl (C=O) groups excluding carboxylic acids is 2. The lowest BCUT2D eigenvalue weighted by atomic mass is 10.0. The van der Waals surface area contributed by atoms with Crippen molar-refractivity contribution in [2.75, 3.05) is 13.1 Å². The minimum atomic E-state index is -0.578. The van der Waals surface area contributed by atoms with E-state index in [1.165, 1.54) is 6.26 Å². The highest BCUT2D eigenvalue weighted by Gasteiger charge is 2.25. The summed E-state index contributed by atoms with van der Waals surface area (Å²) in [5.74, 6) is -0.377. The highest BCUT2D eigenvalue weighted by molar-refractivity contribution is 5.95. The summed E-state index contributed by atoms with van der Waals surface area (Å²) in [5, 5.41) is 5.50. The van der Waals surface area contributed by atoms with Gasteiger partial charge in [0.15, 0.2) is 5.76 Å². The fraction of sp³-hybridized carbons (Fsp3) is 0.571. The molecular formula is C14H23N3O3. The van der Waals surface area contributed by atoms with Crippen LogP contribution in [0.5, 0.6) is 0 Å². The molecule has 112 valence electrons. The molecule has 0 aromatic carbocycles. The molecule has 4 N–H and O–H groups in total. The Kier molecular flexibility index (Phi) is 6.79. The summed E-state index contributed by atoms with van der Waals surface area (Å²) in [6, 6.07) is 2.61. The first-order valence-corrected chi connectivity index (χ1v) is 6.88. The Morgan fingerprint density at radius 2 is 2.10 bits per heavy atom. The van der Waals surface area contributed by atoms with Crippen molar-refractivity contribution in [2.45, 2.75) is 32.7 Å². The highest BCUT2D eigenvalue weighted by Crippen LogP contribution is 2.05. The van der Waals surface area contributed by atoms with Crippen LogP contribution in [-0.4, -0.2) is 30.9 Å². The highest BCUT2D eigenvalue weighted by atomic mass is 16.3. The van der Waals surface area contributed by atoms with Gasteiger partial charge in [0.05, 0.1) is 6.26 Å². The number of hydrogen-bond donors (Lipinski definition) is 3. The summed E-state index contributed by atoms with van der Waals surface area (Å²) >= 11 is 0. The molecule has 20 heavy (non-hydrogen) atoms. The molecule has 1 rings (SSSR count). The molecule has 6 nitrogen and oxygen atoms in total. The largest absolute Gasteiger partial charge is 0.459 e. The van der Waals surface area contributed by atoms with Crippen LogP contribution in [-0.2, 0) is 4.79 Å². The number of hydrogen-bond acceptors (Lipinski definition) is 4. The van der Waals surface area contributed by atoms with E-state index in [1.54, 1.807) is 12.1 Å². The number of unbranched alkanes of at least 4 members (excludes halogenated alkanes) is 1. The van der Waals surface area contributed by atoms with Gasteiger partial charge in [0.1, 0.15) is 6.04 Å². The normalized spacial score (nSPS) is 12.2. The second kappa shape index (κ2) is 8.37. The summed E-state index contributed by atoms with van der Waals surface area (Å²) in [4.78, 5) is 24.0. The van der Waals surface area contributed by atoms with Gasteiger partial charge < -0.3 is 20.8 Å². The van der Waals surface area contributed by atoms with Crippen molar-refractivity contribution in [3.8, 4) is 0 Å². The van der Waals surface area contributed by atoms with Crippen molar-refractivity contribution in [1.29, 1.82) is 0 Å². The Hall–Kier alpha value is -1.82. The van der Waals surface area contributed by atoms with Crippen molar-refractivity contribution in [3.63, 3.8) is 0 Å². The molecule has 0 fully saturated rings. The average Bonchev–Trinajstić information content (AvgIpc) is 2.94. The summed E-state index contributed by atoms with van der Waals surface area (Å²) in [5.41, 5.74) is 5.39. The van der Waals surface area contributed by atoms with Crippen LogP contribution in [0, 0.1) is 5.92 Å². The minimum absolute atomic E-state index is 0.0107. The van der Waals surface area contributed by atoms with E-state index in [-0.39, 0.29) is 23.5 Å². The minimum Gasteiger partial charge on any atom is -0.459 e. The third-order valence-corrected chi connectivity index (χ3v) is 2.91. The molecule has 2 amide bonds. The molecule has 6 heteroatoms. The van der Waals surface area contributed by atoms with Gasteiger partial charge in [-0.1, -0.05) is 13.8 Å². The molecule has 0 saturated carbocycles. The third kappa shape index (κ3) is 5.05. The van der Waals surface area contributed by atoms with Gasteiger partial charge in [0.2, 0.25) is 5.91 Å². The van der Waals surface area contributed by atoms with Crippen LogP contribution >= 0.6 is 0 Å². The summed E-state index contributed by atoms with van der Waals surface area (Å²) in [6.07, 6.45) is 3.12. The Bertz CT molecular complexity index is 415. The smallest absolute Gasteiger partial charge is 0.287 e. The summed E-state index contributed by atoms with van der Waals surface area (Å²) in [7, 11) is 0. The Balaban J connectivity index is 2.51. The van der Waals surface area contributed by atoms with E-state index in [0.717, 1.165) is 12.8 Å². The Morgan fingerprint density at radius 3 is 2.65 bits per heavy atom. The Labute approximate surface area is 119 Å². The number of amides is 2. The second-order valence-corrected chi connectivity index (χ2v) is 4.96. The zero-order valence-electron chi connectivity index (χ0n) is 12.0. The van der Waals surface area contributed by atoms with Gasteiger partial charge in [-0.25, -0.2) is 0 Å². The fourth-order valence-corrected chi connectivity index (χ4v) is 1.75. The average molecular weight is 281 g/mol. The lowest BCUT2D eigenvalue weighted by Gasteiger charge is -2.21. The second-order valence-electron chi connectivity index (χ2n) is 4.96. The molecule has 0 aliphatic carbocycles. The first-order chi connectivity index (χ1) is 9.56. The third-order valence-electron chi connectivity index (χ3n) is 2.91. The lowest BCUT2D eigenvalue weighted by Crippen LogP contribution is -2.49. The van der Waals surface area contributed by atoms with Gasteiger partial charge >= 0.3 is 0 Å². The van der Waals surface area contributed by atoms with Crippen molar-refractivity contribution in [2.24, 2.45) is 11.7 Å². The molecule has 0 radical (unpaired) electrons. The molecular weight excluding hydrogens is 258 g/mol. The van der Waals surface area contributed by atoms with E-state index in [4.69, 9.17) is 10.2 Å². The number of nitrogens with one attached hydrogen (secondary N) is 2. The van der Waals surface area contributed by atoms with E-state index >= 15 is 0 Å². The summed E-state index contributed by atoms with van der Waals surface area (Å²) in [6.45, 7) is 4.94. The lowest BCUT2D eigenvalue weighted by molar-refractivity contribution is -0.123. The van der Waals surface area contributed by atoms with Gasteiger partial charge in [-0.3, -0.25) is 9.59 Å². The van der Waals surface area contributed by atoms with E-state index < -0.39 is 6.04 Å². The monoisotopic (exact) mass is 281 g/mol. The van der Waals surface area contributed by atoms with E-state index in [0.29, 0.717) is 13.1 Å². The van der Waals surface area contributed by atoms with Gasteiger partial charge in [-0.2, -0.15) is 0 Å². The molecule has 1 atom stereocenters. The van der Waals surface area contributed by atoms with Crippen LogP contribution < -0.4 is 16.4 Å². The van der Waals surface area contributed by atoms with Gasteiger partial charge in [-0.15, -0.1) is 0 Å². The van der Waals surface area contributed by atoms with Crippen molar-refractivity contribution in [1.82, 2.24) is 10.6 Å². The van der Waals surface area contributed by atoms with Crippen LogP contribution in [0.25, 0.3) is 0 Å². The van der Waals surface area contributed by atoms with Gasteiger partial charge in [-0.05, 0) is 37.4 Å². The fourth-order valence-electron chi connectivity index (χ4n) is 1.75. The molecule has 1 unspecified atom stereocenters. The molecule has 0 saturated heterocycles. The maximum Gasteiger partial charge on any atom is 0.287 e. The predicted octanol–water partition coefficient (Wildman–Crippen LogP) is 0.889. The maximum atomic E-state index is 12.1. The zero-order valence-corrected chi connectivity index (χ0v) is 12.0. The van der Waals surface area contributed by atoms with Crippen LogP contribution in [0.1, 0.15) is 37.2 Å². The summed E-state index contributed by atoms with van der Waals surface area (Å²) < 4.78 is 5.01. The number of rotatable bonds is 8. The molecule has 1 heterocycles. The topological polar surface area (TPSA) is 97.4 Å². The number of carbonyl (C=O) groups is 2. The standard InChI is InChI=1S/C14H23N3O3/c1-10(2)12(14(19)16-8-4-3-7-15)17-13(18)11-6-5-9-20-11/h5-6,9-10,12H,3-4,7-8,15H2,1-2H3,(H,16,19)(H,17,18). The van der Waals surface area contributed by atoms with Crippen molar-refractivity contribution < 1.29 is 14.0 Å². The SMILES string of the molecule is CC(C)C(NC(=O)c1ccco1)C(=O)NCCCCN. The Morgan fingerprint density at radius 1 is 1.35 bits per heavy atom. The van der Waals surface area contributed by atoms with E-state index in [9.17, 15) is 9.59 Å². The van der Waals surface area contributed by atoms with E-state index in [1.807, 2.05) is 13.8 Å². The first-order valence-electron chi connectivity index (χ1n) is 6.88. The quantitative estimate of drug-likeness (QED) is 0.616. The molecule has 0 aliphatic rings. The van der Waals surface area contributed by atoms with E-state index in [2.05, 4.69) is 10.6 Å². The zero-order chi connectivity index (χ0) is 15.0. The molecule has 0 bridgehead atoms. The van der Waals surface area contributed by atoms with Crippen molar-refractivity contribution >= 4 is 11.8 Å². The maximum absolute atomic E-state index is 12.1. The first kappa shape index (κ1) is 16.2. The molecule has 0 aliphatic heterocycles. The molecule has 0 spiro atoms. The molecule has 1 aromatic heterocycles. The van der Waals surface area contributed by atoms with Gasteiger partial charge in [0.25, 0.3) is 5.91 Å². The molecule has 1 aromatic rings. The predicted molar refractivity (Wildman–Crippen MR) is 76.1 cm³/mol. The van der Waals surface area contributed by atoms with Crippen LogP contribution in [0.15, 0.2) is 22.8 Å². The number of nitrogens with two attached hydrogens (primary N) is 1. The van der Waals surface area contributed by atoms with Crippen molar-refractivity contribution in [3.05, 3.63) is 24.2 Å². The van der Waals surface area contributed by atoms with Crippen LogP contribution in [0.4, 0.5) is 0 Å². The van der Waals surface area contributed by atoms with Crippen LogP contribution in [0.2, 0.25) is 0 Å².